The monoisotopic (exact) mass is 528 g/mol. The second kappa shape index (κ2) is 9.87. The molecule has 2 aromatic carbocycles. The van der Waals surface area contributed by atoms with Gasteiger partial charge in [0.05, 0.1) is 44.0 Å². The maximum Gasteiger partial charge on any atom is 0.187 e. The molecule has 1 N–H and O–H groups in total. The van der Waals surface area contributed by atoms with Gasteiger partial charge in [-0.15, -0.1) is 0 Å². The van der Waals surface area contributed by atoms with E-state index in [-0.39, 0.29) is 10.4 Å². The summed E-state index contributed by atoms with van der Waals surface area (Å²) < 4.78 is 37.7. The van der Waals surface area contributed by atoms with Crippen molar-refractivity contribution in [3.8, 4) is 11.5 Å². The average Bonchev–Trinajstić information content (AvgIpc) is 3.64. The largest absolute Gasteiger partial charge is 0.493 e. The Morgan fingerprint density at radius 3 is 2.70 bits per heavy atom. The molecule has 6 rings (SSSR count). The van der Waals surface area contributed by atoms with Gasteiger partial charge >= 0.3 is 0 Å². The number of aromatic nitrogens is 2. The van der Waals surface area contributed by atoms with Crippen LogP contribution in [0.4, 0.5) is 15.9 Å². The predicted octanol–water partition coefficient (Wildman–Crippen LogP) is 5.17. The summed E-state index contributed by atoms with van der Waals surface area (Å²) in [6.45, 7) is 4.86. The predicted molar refractivity (Wildman–Crippen MR) is 138 cm³/mol. The number of ether oxygens (including phenoxy) is 4. The van der Waals surface area contributed by atoms with Crippen LogP contribution in [0.2, 0.25) is 5.02 Å². The third-order valence-corrected chi connectivity index (χ3v) is 7.85. The van der Waals surface area contributed by atoms with Gasteiger partial charge in [-0.1, -0.05) is 11.6 Å². The Bertz CT molecular complexity index is 1300. The number of methoxy groups -OCH3 is 1. The van der Waals surface area contributed by atoms with Gasteiger partial charge in [-0.3, -0.25) is 4.90 Å². The topological polar surface area (TPSA) is 78.0 Å². The van der Waals surface area contributed by atoms with Crippen LogP contribution in [0.15, 0.2) is 36.7 Å². The fourth-order valence-electron chi connectivity index (χ4n) is 5.50. The van der Waals surface area contributed by atoms with E-state index in [4.69, 9.17) is 30.5 Å². The summed E-state index contributed by atoms with van der Waals surface area (Å²) in [6.07, 6.45) is 5.65. The number of nitrogens with zero attached hydrogens (tertiary/aromatic N) is 3. The molecule has 0 radical (unpaired) electrons. The Morgan fingerprint density at radius 2 is 1.95 bits per heavy atom. The molecule has 3 heterocycles. The Balaban J connectivity index is 1.13. The average molecular weight is 529 g/mol. The van der Waals surface area contributed by atoms with Crippen LogP contribution in [-0.4, -0.2) is 67.2 Å². The molecular formula is C27H30ClFN4O4. The van der Waals surface area contributed by atoms with Crippen molar-refractivity contribution in [3.63, 3.8) is 0 Å². The highest BCUT2D eigenvalue weighted by Crippen LogP contribution is 2.61. The molecule has 2 aliphatic heterocycles. The summed E-state index contributed by atoms with van der Waals surface area (Å²) in [6, 6.07) is 8.13. The van der Waals surface area contributed by atoms with Crippen molar-refractivity contribution in [2.45, 2.75) is 31.5 Å². The van der Waals surface area contributed by atoms with Crippen molar-refractivity contribution in [1.29, 1.82) is 0 Å². The second-order valence-corrected chi connectivity index (χ2v) is 10.4. The third-order valence-electron chi connectivity index (χ3n) is 7.56. The van der Waals surface area contributed by atoms with Gasteiger partial charge in [0.25, 0.3) is 0 Å². The minimum absolute atomic E-state index is 0.0344. The zero-order chi connectivity index (χ0) is 25.5. The van der Waals surface area contributed by atoms with Crippen LogP contribution in [0.25, 0.3) is 10.9 Å². The fourth-order valence-corrected chi connectivity index (χ4v) is 5.68. The number of nitrogens with one attached hydrogen (secondary N) is 1. The minimum Gasteiger partial charge on any atom is -0.493 e. The molecule has 0 bridgehead atoms. The van der Waals surface area contributed by atoms with Crippen molar-refractivity contribution in [2.24, 2.45) is 5.41 Å². The first-order valence-electron chi connectivity index (χ1n) is 12.7. The summed E-state index contributed by atoms with van der Waals surface area (Å²) in [5.74, 6) is 0.884. The first-order chi connectivity index (χ1) is 18.0. The lowest BCUT2D eigenvalue weighted by molar-refractivity contribution is -0.284. The quantitative estimate of drug-likeness (QED) is 0.401. The van der Waals surface area contributed by atoms with E-state index in [1.807, 2.05) is 12.1 Å². The second-order valence-electron chi connectivity index (χ2n) is 9.99. The maximum absolute atomic E-state index is 13.6. The number of fused-ring (bicyclic) bond motifs is 2. The van der Waals surface area contributed by atoms with E-state index in [1.54, 1.807) is 13.2 Å². The summed E-state index contributed by atoms with van der Waals surface area (Å²) >= 11 is 5.94. The third kappa shape index (κ3) is 4.69. The molecule has 2 spiro atoms. The Morgan fingerprint density at radius 1 is 1.11 bits per heavy atom. The molecule has 1 saturated carbocycles. The number of hydrogen-bond donors (Lipinski definition) is 1. The summed E-state index contributed by atoms with van der Waals surface area (Å²) in [4.78, 5) is 11.2. The fraction of sp³-hybridized carbons (Fsp3) is 0.481. The number of benzene rings is 2. The highest BCUT2D eigenvalue weighted by Gasteiger charge is 2.67. The molecule has 3 aromatic rings. The molecule has 1 aromatic heterocycles. The lowest BCUT2D eigenvalue weighted by Crippen LogP contribution is -2.48. The molecule has 37 heavy (non-hydrogen) atoms. The van der Waals surface area contributed by atoms with Crippen molar-refractivity contribution in [2.75, 3.05) is 51.9 Å². The zero-order valence-electron chi connectivity index (χ0n) is 20.8. The van der Waals surface area contributed by atoms with Gasteiger partial charge in [-0.05, 0) is 49.9 Å². The van der Waals surface area contributed by atoms with E-state index in [2.05, 4.69) is 20.2 Å². The van der Waals surface area contributed by atoms with Gasteiger partial charge < -0.3 is 24.3 Å². The van der Waals surface area contributed by atoms with Crippen LogP contribution >= 0.6 is 11.6 Å². The molecule has 0 atom stereocenters. The van der Waals surface area contributed by atoms with E-state index in [0.29, 0.717) is 35.1 Å². The van der Waals surface area contributed by atoms with Gasteiger partial charge in [0.2, 0.25) is 0 Å². The van der Waals surface area contributed by atoms with Crippen molar-refractivity contribution >= 4 is 34.0 Å². The standard InChI is InChI=1S/C27H30ClFN4O4/c1-34-23-14-22-19(25(31-17-30-22)32-18-4-5-21(29)20(28)12-18)13-24(23)35-9-2-8-33-15-26(6-7-26)27(16-33)36-10-3-11-37-27/h4-5,12-14,17H,2-3,6-11,15-16H2,1H3,(H,30,31,32). The normalized spacial score (nSPS) is 20.0. The molecule has 2 saturated heterocycles. The number of hydrogen-bond acceptors (Lipinski definition) is 8. The molecule has 3 fully saturated rings. The van der Waals surface area contributed by atoms with Crippen LogP contribution in [0.3, 0.4) is 0 Å². The summed E-state index contributed by atoms with van der Waals surface area (Å²) in [5.41, 5.74) is 1.49. The molecule has 1 aliphatic carbocycles. The lowest BCUT2D eigenvalue weighted by Gasteiger charge is -2.38. The Labute approximate surface area is 220 Å². The van der Waals surface area contributed by atoms with Gasteiger partial charge in [-0.25, -0.2) is 14.4 Å². The van der Waals surface area contributed by atoms with Gasteiger partial charge in [0, 0.05) is 35.6 Å². The first kappa shape index (κ1) is 24.6. The summed E-state index contributed by atoms with van der Waals surface area (Å²) in [5, 5.41) is 3.98. The molecule has 10 heteroatoms. The highest BCUT2D eigenvalue weighted by atomic mass is 35.5. The van der Waals surface area contributed by atoms with Gasteiger partial charge in [0.15, 0.2) is 17.3 Å². The van der Waals surface area contributed by atoms with Crippen LogP contribution in [0.1, 0.15) is 25.7 Å². The number of anilines is 2. The SMILES string of the molecule is COc1cc2ncnc(Nc3ccc(F)c(Cl)c3)c2cc1OCCCN1CC2(CC2)C2(C1)OCCCO2. The van der Waals surface area contributed by atoms with Crippen LogP contribution < -0.4 is 14.8 Å². The van der Waals surface area contributed by atoms with E-state index in [9.17, 15) is 4.39 Å². The van der Waals surface area contributed by atoms with Crippen LogP contribution in [0.5, 0.6) is 11.5 Å². The lowest BCUT2D eigenvalue weighted by atomic mass is 9.98. The van der Waals surface area contributed by atoms with Crippen molar-refractivity contribution in [1.82, 2.24) is 14.9 Å². The molecule has 0 unspecified atom stereocenters. The Hall–Kier alpha value is -2.72. The highest BCUT2D eigenvalue weighted by molar-refractivity contribution is 6.31. The van der Waals surface area contributed by atoms with E-state index >= 15 is 0 Å². The minimum atomic E-state index is -0.477. The Kier molecular flexibility index (Phi) is 6.56. The molecule has 0 amide bonds. The van der Waals surface area contributed by atoms with Crippen LogP contribution in [0, 0.1) is 11.2 Å². The molecular weight excluding hydrogens is 499 g/mol. The van der Waals surface area contributed by atoms with Crippen LogP contribution in [-0.2, 0) is 9.47 Å². The summed E-state index contributed by atoms with van der Waals surface area (Å²) in [7, 11) is 1.61. The zero-order valence-corrected chi connectivity index (χ0v) is 21.5. The van der Waals surface area contributed by atoms with Crippen molar-refractivity contribution in [3.05, 3.63) is 47.5 Å². The smallest absolute Gasteiger partial charge is 0.187 e. The van der Waals surface area contributed by atoms with Gasteiger partial charge in [-0.2, -0.15) is 0 Å². The first-order valence-corrected chi connectivity index (χ1v) is 13.1. The van der Waals surface area contributed by atoms with E-state index in [1.165, 1.54) is 31.3 Å². The maximum atomic E-state index is 13.6. The number of halogens is 2. The van der Waals surface area contributed by atoms with E-state index in [0.717, 1.165) is 51.1 Å². The molecule has 8 nitrogen and oxygen atoms in total. The number of rotatable bonds is 8. The van der Waals surface area contributed by atoms with E-state index < -0.39 is 11.6 Å². The molecule has 3 aliphatic rings. The molecule has 196 valence electrons. The van der Waals surface area contributed by atoms with Gasteiger partial charge in [0.1, 0.15) is 18.0 Å². The van der Waals surface area contributed by atoms with Crippen molar-refractivity contribution < 1.29 is 23.3 Å². The number of likely N-dealkylation sites (tertiary alicyclic amines) is 1.